The summed E-state index contributed by atoms with van der Waals surface area (Å²) in [6.07, 6.45) is 3.40. The zero-order chi connectivity index (χ0) is 14.9. The van der Waals surface area contributed by atoms with Crippen molar-refractivity contribution >= 4 is 29.5 Å². The van der Waals surface area contributed by atoms with E-state index in [1.165, 1.54) is 13.2 Å². The van der Waals surface area contributed by atoms with E-state index in [1.807, 2.05) is 23.5 Å². The van der Waals surface area contributed by atoms with Gasteiger partial charge in [-0.25, -0.2) is 9.18 Å². The molecule has 20 heavy (non-hydrogen) atoms. The lowest BCUT2D eigenvalue weighted by Gasteiger charge is -2.18. The molecule has 1 aromatic heterocycles. The van der Waals surface area contributed by atoms with E-state index < -0.39 is 11.8 Å². The van der Waals surface area contributed by atoms with Gasteiger partial charge in [-0.05, 0) is 17.4 Å². The Morgan fingerprint density at radius 2 is 2.10 bits per heavy atom. The minimum atomic E-state index is -0.555. The monoisotopic (exact) mass is 270 g/mol. The Hall–Kier alpha value is -1.98. The van der Waals surface area contributed by atoms with Crippen LogP contribution in [0.2, 0.25) is 0 Å². The second-order valence-electron chi connectivity index (χ2n) is 5.53. The van der Waals surface area contributed by atoms with Crippen molar-refractivity contribution in [2.24, 2.45) is 0 Å². The number of hydrogen-bond donors (Lipinski definition) is 0. The normalized spacial score (nSPS) is 11.3. The van der Waals surface area contributed by atoms with Gasteiger partial charge in [0.2, 0.25) is 0 Å². The molecule has 0 aliphatic heterocycles. The molecule has 0 saturated carbocycles. The zero-order valence-electron chi connectivity index (χ0n) is 12.0. The number of benzene rings is 1. The van der Waals surface area contributed by atoms with Gasteiger partial charge in [0, 0.05) is 17.3 Å². The Kier molecular flexibility index (Phi) is 3.75. The van der Waals surface area contributed by atoms with Gasteiger partial charge >= 0.3 is 5.97 Å². The largest absolute Gasteiger partial charge is 0.465 e. The highest BCUT2D eigenvalue weighted by molar-refractivity contribution is 6.56. The molecule has 1 heterocycles. The molecule has 0 bridgehead atoms. The van der Waals surface area contributed by atoms with Crippen molar-refractivity contribution < 1.29 is 13.9 Å². The van der Waals surface area contributed by atoms with Crippen molar-refractivity contribution in [3.63, 3.8) is 0 Å². The number of aromatic nitrogens is 2. The van der Waals surface area contributed by atoms with Gasteiger partial charge in [0.25, 0.3) is 0 Å². The highest BCUT2D eigenvalue weighted by Gasteiger charge is 2.17. The molecular weight excluding hydrogens is 256 g/mol. The lowest BCUT2D eigenvalue weighted by Crippen LogP contribution is -2.35. The van der Waals surface area contributed by atoms with Crippen LogP contribution in [0.1, 0.15) is 10.4 Å². The number of hydrogen-bond acceptors (Lipinski definition) is 3. The summed E-state index contributed by atoms with van der Waals surface area (Å²) in [7, 11) is 7.31. The maximum Gasteiger partial charge on any atom is 0.337 e. The molecule has 0 atom stereocenters. The SMILES string of the molecule is BC(B)(B)n1cc(-c2ccc(C(=O)OC)cc2F)cn1. The third kappa shape index (κ3) is 2.79. The first kappa shape index (κ1) is 14.4. The number of halogens is 1. The Balaban J connectivity index is 2.39. The molecule has 0 N–H and O–H groups in total. The van der Waals surface area contributed by atoms with E-state index in [1.54, 1.807) is 29.2 Å². The quantitative estimate of drug-likeness (QED) is 0.527. The Bertz CT molecular complexity index is 652. The second kappa shape index (κ2) is 5.19. The summed E-state index contributed by atoms with van der Waals surface area (Å²) in [6.45, 7) is 0. The number of nitrogens with zero attached hydrogens (tertiary/aromatic N) is 2. The maximum atomic E-state index is 14.1. The fraction of sp³-hybridized carbons (Fsp3) is 0.167. The van der Waals surface area contributed by atoms with Gasteiger partial charge < -0.3 is 4.74 Å². The molecule has 8 heteroatoms. The summed E-state index contributed by atoms with van der Waals surface area (Å²) in [5.74, 6) is -1.03. The summed E-state index contributed by atoms with van der Waals surface area (Å²) >= 11 is 0. The Labute approximate surface area is 119 Å². The average molecular weight is 270 g/mol. The molecule has 0 radical (unpaired) electrons. The lowest BCUT2D eigenvalue weighted by atomic mass is 9.49. The van der Waals surface area contributed by atoms with Crippen LogP contribution < -0.4 is 0 Å². The fourth-order valence-corrected chi connectivity index (χ4v) is 1.82. The van der Waals surface area contributed by atoms with Gasteiger partial charge in [0.1, 0.15) is 29.4 Å². The van der Waals surface area contributed by atoms with Gasteiger partial charge in [0.15, 0.2) is 0 Å². The molecule has 0 fully saturated rings. The van der Waals surface area contributed by atoms with E-state index in [-0.39, 0.29) is 10.8 Å². The lowest BCUT2D eigenvalue weighted by molar-refractivity contribution is 0.0600. The van der Waals surface area contributed by atoms with Crippen molar-refractivity contribution in [3.05, 3.63) is 42.0 Å². The third-order valence-electron chi connectivity index (χ3n) is 2.97. The molecule has 0 unspecified atom stereocenters. The van der Waals surface area contributed by atoms with Gasteiger partial charge in [-0.15, -0.1) is 0 Å². The molecule has 2 rings (SSSR count). The molecule has 100 valence electrons. The van der Waals surface area contributed by atoms with E-state index in [0.29, 0.717) is 11.1 Å². The van der Waals surface area contributed by atoms with Crippen LogP contribution in [0.3, 0.4) is 0 Å². The first-order valence-corrected chi connectivity index (χ1v) is 6.26. The first-order chi connectivity index (χ1) is 9.32. The van der Waals surface area contributed by atoms with Gasteiger partial charge in [-0.1, -0.05) is 6.07 Å². The van der Waals surface area contributed by atoms with Crippen molar-refractivity contribution in [3.8, 4) is 11.1 Å². The number of carbonyl (C=O) groups is 1. The van der Waals surface area contributed by atoms with Crippen molar-refractivity contribution in [1.29, 1.82) is 0 Å². The van der Waals surface area contributed by atoms with Gasteiger partial charge in [0.05, 0.1) is 18.9 Å². The summed E-state index contributed by atoms with van der Waals surface area (Å²) in [5, 5.41) is 4.07. The third-order valence-corrected chi connectivity index (χ3v) is 2.97. The zero-order valence-corrected chi connectivity index (χ0v) is 12.0. The minimum absolute atomic E-state index is 0.166. The van der Waals surface area contributed by atoms with Crippen LogP contribution in [-0.4, -0.2) is 46.4 Å². The predicted octanol–water partition coefficient (Wildman–Crippen LogP) is -1.06. The summed E-state index contributed by atoms with van der Waals surface area (Å²) in [4.78, 5) is 11.3. The van der Waals surface area contributed by atoms with Crippen LogP contribution >= 0.6 is 0 Å². The highest BCUT2D eigenvalue weighted by atomic mass is 19.1. The smallest absolute Gasteiger partial charge is 0.337 e. The van der Waals surface area contributed by atoms with Gasteiger partial charge in [-0.2, -0.15) is 5.10 Å². The molecule has 0 amide bonds. The first-order valence-electron chi connectivity index (χ1n) is 6.26. The standard InChI is InChI=1S/C12H14B3FN2O2/c1-20-11(19)7-2-3-9(10(16)4-7)8-5-17-18(6-8)12(13,14)15/h2-6H,13-15H2,1H3. The van der Waals surface area contributed by atoms with Crippen LogP contribution in [-0.2, 0) is 9.97 Å². The van der Waals surface area contributed by atoms with Crippen LogP contribution in [0.15, 0.2) is 30.6 Å². The Morgan fingerprint density at radius 1 is 1.40 bits per heavy atom. The van der Waals surface area contributed by atoms with Crippen LogP contribution in [0.5, 0.6) is 0 Å². The van der Waals surface area contributed by atoms with Crippen LogP contribution in [0.4, 0.5) is 4.39 Å². The number of carbonyl (C=O) groups excluding carboxylic acids is 1. The van der Waals surface area contributed by atoms with E-state index >= 15 is 0 Å². The van der Waals surface area contributed by atoms with E-state index in [9.17, 15) is 9.18 Å². The highest BCUT2D eigenvalue weighted by Crippen LogP contribution is 2.24. The topological polar surface area (TPSA) is 44.1 Å². The minimum Gasteiger partial charge on any atom is -0.465 e. The molecule has 0 saturated heterocycles. The molecule has 0 aliphatic rings. The molecule has 0 spiro atoms. The number of rotatable bonds is 3. The van der Waals surface area contributed by atoms with Crippen molar-refractivity contribution in [2.45, 2.75) is 5.24 Å². The molecule has 2 aromatic rings. The number of ether oxygens (including phenoxy) is 1. The molecular formula is C12H14B3FN2O2. The summed E-state index contributed by atoms with van der Waals surface area (Å²) in [5.41, 5.74) is 1.28. The van der Waals surface area contributed by atoms with E-state index in [0.717, 1.165) is 0 Å². The van der Waals surface area contributed by atoms with E-state index in [4.69, 9.17) is 0 Å². The number of methoxy groups -OCH3 is 1. The molecule has 4 nitrogen and oxygen atoms in total. The molecule has 1 aromatic carbocycles. The van der Waals surface area contributed by atoms with Crippen LogP contribution in [0.25, 0.3) is 11.1 Å². The predicted molar refractivity (Wildman–Crippen MR) is 82.6 cm³/mol. The van der Waals surface area contributed by atoms with Crippen molar-refractivity contribution in [2.75, 3.05) is 7.11 Å². The van der Waals surface area contributed by atoms with E-state index in [2.05, 4.69) is 9.84 Å². The second-order valence-corrected chi connectivity index (χ2v) is 5.53. The summed E-state index contributed by atoms with van der Waals surface area (Å²) in [6, 6.07) is 4.28. The van der Waals surface area contributed by atoms with Gasteiger partial charge in [-0.3, -0.25) is 4.68 Å². The Morgan fingerprint density at radius 3 is 2.60 bits per heavy atom. The van der Waals surface area contributed by atoms with Crippen LogP contribution in [0, 0.1) is 5.82 Å². The van der Waals surface area contributed by atoms with Crippen molar-refractivity contribution in [1.82, 2.24) is 9.78 Å². The summed E-state index contributed by atoms with van der Waals surface area (Å²) < 4.78 is 20.4. The molecule has 0 aliphatic carbocycles. The maximum absolute atomic E-state index is 14.1. The number of esters is 1. The fourth-order valence-electron chi connectivity index (χ4n) is 1.82. The average Bonchev–Trinajstić information content (AvgIpc) is 2.87.